The Morgan fingerprint density at radius 1 is 1.14 bits per heavy atom. The van der Waals surface area contributed by atoms with Crippen LogP contribution in [0.2, 0.25) is 0 Å². The number of hydrogen-bond donors (Lipinski definition) is 0. The minimum Gasteiger partial charge on any atom is -0.460 e. The van der Waals surface area contributed by atoms with Gasteiger partial charge in [0.15, 0.2) is 12.4 Å². The first-order valence-electron chi connectivity index (χ1n) is 13.0. The van der Waals surface area contributed by atoms with Crippen LogP contribution in [0.15, 0.2) is 18.2 Å². The summed E-state index contributed by atoms with van der Waals surface area (Å²) >= 11 is 1.25. The van der Waals surface area contributed by atoms with Crippen LogP contribution in [0.25, 0.3) is 11.0 Å². The van der Waals surface area contributed by atoms with E-state index >= 15 is 0 Å². The third kappa shape index (κ3) is 6.49. The molecule has 3 heterocycles. The molecule has 5 rings (SSSR count). The van der Waals surface area contributed by atoms with Gasteiger partial charge in [0.1, 0.15) is 5.52 Å². The molecule has 37 heavy (non-hydrogen) atoms. The molecule has 0 spiro atoms. The highest BCUT2D eigenvalue weighted by Crippen LogP contribution is 2.35. The van der Waals surface area contributed by atoms with Crippen molar-refractivity contribution in [2.75, 3.05) is 26.2 Å². The number of hydrogen-bond acceptors (Lipinski definition) is 7. The normalized spacial score (nSPS) is 21.1. The number of alkyl halides is 3. The Balaban J connectivity index is 1.04. The molecule has 1 saturated carbocycles. The number of halogens is 3. The van der Waals surface area contributed by atoms with Crippen molar-refractivity contribution in [1.29, 1.82) is 0 Å². The van der Waals surface area contributed by atoms with Crippen LogP contribution in [-0.4, -0.2) is 63.1 Å². The maximum absolute atomic E-state index is 13.1. The van der Waals surface area contributed by atoms with Crippen LogP contribution in [0.5, 0.6) is 5.19 Å². The predicted octanol–water partition coefficient (Wildman–Crippen LogP) is 5.24. The maximum atomic E-state index is 13.1. The molecule has 11 heteroatoms. The van der Waals surface area contributed by atoms with Gasteiger partial charge in [0.25, 0.3) is 5.19 Å². The van der Waals surface area contributed by atoms with E-state index in [9.17, 15) is 18.0 Å². The minimum atomic E-state index is -4.35. The number of ether oxygens (including phenoxy) is 1. The Morgan fingerprint density at radius 2 is 1.89 bits per heavy atom. The molecule has 1 aliphatic heterocycles. The molecule has 3 aromatic rings. The van der Waals surface area contributed by atoms with Gasteiger partial charge in [0, 0.05) is 43.4 Å². The fourth-order valence-corrected chi connectivity index (χ4v) is 6.56. The van der Waals surface area contributed by atoms with Gasteiger partial charge < -0.3 is 9.64 Å². The molecule has 1 fully saturated rings. The van der Waals surface area contributed by atoms with Gasteiger partial charge in [-0.1, -0.05) is 35.5 Å². The minimum absolute atomic E-state index is 0.125. The van der Waals surface area contributed by atoms with Crippen molar-refractivity contribution in [3.05, 3.63) is 34.3 Å². The zero-order valence-electron chi connectivity index (χ0n) is 21.0. The van der Waals surface area contributed by atoms with Crippen LogP contribution in [0, 0.1) is 11.8 Å². The van der Waals surface area contributed by atoms with Crippen molar-refractivity contribution >= 4 is 28.2 Å². The molecule has 2 aliphatic rings. The van der Waals surface area contributed by atoms with Crippen LogP contribution >= 0.6 is 11.3 Å². The van der Waals surface area contributed by atoms with Gasteiger partial charge in [-0.25, -0.2) is 9.67 Å². The van der Waals surface area contributed by atoms with Crippen LogP contribution in [0.1, 0.15) is 59.5 Å². The number of aromatic nitrogens is 4. The van der Waals surface area contributed by atoms with Crippen molar-refractivity contribution in [1.82, 2.24) is 24.9 Å². The lowest BCUT2D eigenvalue weighted by atomic mass is 9.78. The van der Waals surface area contributed by atoms with Crippen molar-refractivity contribution in [2.45, 2.75) is 57.5 Å². The van der Waals surface area contributed by atoms with E-state index in [1.165, 1.54) is 11.3 Å². The van der Waals surface area contributed by atoms with E-state index in [0.29, 0.717) is 18.3 Å². The zero-order valence-corrected chi connectivity index (χ0v) is 21.8. The highest BCUT2D eigenvalue weighted by atomic mass is 32.1. The largest absolute Gasteiger partial charge is 0.460 e. The van der Waals surface area contributed by atoms with Gasteiger partial charge in [-0.05, 0) is 56.2 Å². The van der Waals surface area contributed by atoms with E-state index < -0.39 is 12.8 Å². The van der Waals surface area contributed by atoms with E-state index in [4.69, 9.17) is 4.74 Å². The summed E-state index contributed by atoms with van der Waals surface area (Å²) < 4.78 is 43.7. The smallest absolute Gasteiger partial charge is 0.422 e. The van der Waals surface area contributed by atoms with E-state index in [1.54, 1.807) is 4.68 Å². The maximum Gasteiger partial charge on any atom is 0.422 e. The summed E-state index contributed by atoms with van der Waals surface area (Å²) in [6.45, 7) is 1.50. The second kappa shape index (κ2) is 11.1. The number of fused-ring (bicyclic) bond motifs is 2. The summed E-state index contributed by atoms with van der Waals surface area (Å²) in [6.07, 6.45) is 3.38. The lowest BCUT2D eigenvalue weighted by molar-refractivity contribution is -0.153. The van der Waals surface area contributed by atoms with Gasteiger partial charge in [-0.15, -0.1) is 5.10 Å². The third-order valence-corrected chi connectivity index (χ3v) is 8.73. The number of para-hydroxylation sites is 1. The number of carbonyl (C=O) groups is 1. The molecule has 0 unspecified atom stereocenters. The zero-order chi connectivity index (χ0) is 26.0. The Kier molecular flexibility index (Phi) is 7.80. The Labute approximate surface area is 218 Å². The fourth-order valence-electron chi connectivity index (χ4n) is 5.61. The number of aryl methyl sites for hydroxylation is 1. The molecule has 1 aliphatic carbocycles. The summed E-state index contributed by atoms with van der Waals surface area (Å²) in [5.41, 5.74) is 3.17. The van der Waals surface area contributed by atoms with Gasteiger partial charge >= 0.3 is 6.18 Å². The molecular formula is C26H32F3N5O2S. The molecular weight excluding hydrogens is 503 g/mol. The van der Waals surface area contributed by atoms with Crippen molar-refractivity contribution in [2.24, 2.45) is 18.9 Å². The van der Waals surface area contributed by atoms with Gasteiger partial charge in [0.2, 0.25) is 0 Å². The Morgan fingerprint density at radius 3 is 2.68 bits per heavy atom. The van der Waals surface area contributed by atoms with E-state index in [0.717, 1.165) is 91.7 Å². The van der Waals surface area contributed by atoms with Crippen LogP contribution in [-0.2, 0) is 19.9 Å². The highest BCUT2D eigenvalue weighted by molar-refractivity contribution is 7.13. The van der Waals surface area contributed by atoms with Gasteiger partial charge in [0.05, 0.1) is 11.2 Å². The van der Waals surface area contributed by atoms with E-state index in [1.807, 2.05) is 25.2 Å². The average Bonchev–Trinajstić information content (AvgIpc) is 3.40. The molecule has 0 atom stereocenters. The van der Waals surface area contributed by atoms with Crippen LogP contribution in [0.4, 0.5) is 13.2 Å². The molecule has 200 valence electrons. The molecule has 0 amide bonds. The molecule has 0 N–H and O–H groups in total. The van der Waals surface area contributed by atoms with Crippen molar-refractivity contribution in [3.8, 4) is 5.19 Å². The highest BCUT2D eigenvalue weighted by Gasteiger charge is 2.30. The Hall–Kier alpha value is -2.53. The lowest BCUT2D eigenvalue weighted by Crippen LogP contribution is -2.30. The Bertz CT molecular complexity index is 1210. The first-order chi connectivity index (χ1) is 17.7. The van der Waals surface area contributed by atoms with Crippen LogP contribution < -0.4 is 4.74 Å². The van der Waals surface area contributed by atoms with E-state index in [-0.39, 0.29) is 11.0 Å². The summed E-state index contributed by atoms with van der Waals surface area (Å²) in [6, 6.07) is 5.64. The third-order valence-electron chi connectivity index (χ3n) is 7.66. The number of carbonyl (C=O) groups excluding carboxylic acids is 1. The molecule has 7 nitrogen and oxygen atoms in total. The predicted molar refractivity (Wildman–Crippen MR) is 135 cm³/mol. The summed E-state index contributed by atoms with van der Waals surface area (Å²) in [4.78, 5) is 20.9. The number of rotatable bonds is 8. The molecule has 0 radical (unpaired) electrons. The quantitative estimate of drug-likeness (QED) is 0.368. The number of nitrogens with zero attached hydrogens (tertiary/aromatic N) is 5. The lowest BCUT2D eigenvalue weighted by Gasteiger charge is -2.30. The average molecular weight is 536 g/mol. The summed E-state index contributed by atoms with van der Waals surface area (Å²) in [5.74, 6) is 1.28. The first-order valence-corrected chi connectivity index (χ1v) is 13.8. The topological polar surface area (TPSA) is 73.1 Å². The van der Waals surface area contributed by atoms with Crippen molar-refractivity contribution in [3.63, 3.8) is 0 Å². The van der Waals surface area contributed by atoms with Crippen molar-refractivity contribution < 1.29 is 22.7 Å². The number of Topliss-reactive ketones (excluding diaryl/α,β-unsaturated/α-hetero) is 1. The number of ketones is 1. The van der Waals surface area contributed by atoms with Gasteiger partial charge in [-0.3, -0.25) is 4.79 Å². The summed E-state index contributed by atoms with van der Waals surface area (Å²) in [5, 5.41) is 8.30. The van der Waals surface area contributed by atoms with Crippen LogP contribution in [0.3, 0.4) is 0 Å². The second-order valence-electron chi connectivity index (χ2n) is 10.3. The summed E-state index contributed by atoms with van der Waals surface area (Å²) in [7, 11) is 1.82. The molecule has 0 bridgehead atoms. The number of thiazole rings is 1. The van der Waals surface area contributed by atoms with E-state index in [2.05, 4.69) is 20.2 Å². The molecule has 1 aromatic carbocycles. The SMILES string of the molecule is Cn1nnc2cccc(C(=O)CC3CCC(CCN4CCc5nc(OCC(F)(F)F)sc5CC4)CC3)c21. The molecule has 2 aromatic heterocycles. The number of benzene rings is 1. The monoisotopic (exact) mass is 535 g/mol. The molecule has 0 saturated heterocycles. The fraction of sp³-hybridized carbons (Fsp3) is 0.615. The first kappa shape index (κ1) is 26.1. The second-order valence-corrected chi connectivity index (χ2v) is 11.3. The standard InChI is InChI=1S/C26H32F3N5O2S/c1-33-24-19(3-2-4-21(24)31-32-33)22(35)15-18-7-5-17(6-8-18)9-12-34-13-10-20-23(11-14-34)37-25(30-20)36-16-26(27,28)29/h2-4,17-18H,5-16H2,1H3. The van der Waals surface area contributed by atoms with Gasteiger partial charge in [-0.2, -0.15) is 13.2 Å².